The highest BCUT2D eigenvalue weighted by atomic mass is 35.5. The van der Waals surface area contributed by atoms with Crippen LogP contribution in [0.3, 0.4) is 0 Å². The summed E-state index contributed by atoms with van der Waals surface area (Å²) in [5.41, 5.74) is 1.99. The minimum absolute atomic E-state index is 0.702. The molecule has 3 nitrogen and oxygen atoms in total. The van der Waals surface area contributed by atoms with Gasteiger partial charge in [-0.1, -0.05) is 18.0 Å². The molecule has 1 saturated carbocycles. The third-order valence-corrected chi connectivity index (χ3v) is 3.38. The van der Waals surface area contributed by atoms with E-state index in [4.69, 9.17) is 11.6 Å². The molecule has 0 bridgehead atoms. The van der Waals surface area contributed by atoms with Gasteiger partial charge >= 0.3 is 0 Å². The van der Waals surface area contributed by atoms with Crippen molar-refractivity contribution in [3.8, 4) is 0 Å². The molecular formula is C12H14ClN3. The van der Waals surface area contributed by atoms with Crippen LogP contribution in [0.2, 0.25) is 5.02 Å². The Hall–Kier alpha value is -1.06. The lowest BCUT2D eigenvalue weighted by Gasteiger charge is -2.26. The third-order valence-electron chi connectivity index (χ3n) is 3.15. The first-order valence-electron chi connectivity index (χ1n) is 5.68. The predicted octanol–water partition coefficient (Wildman–Crippen LogP) is 2.63. The maximum absolute atomic E-state index is 5.92. The van der Waals surface area contributed by atoms with Crippen LogP contribution in [0.5, 0.6) is 0 Å². The molecule has 84 valence electrons. The minimum Gasteiger partial charge on any atom is -0.308 e. The van der Waals surface area contributed by atoms with Gasteiger partial charge in [-0.05, 0) is 25.0 Å². The van der Waals surface area contributed by atoms with E-state index in [1.165, 1.54) is 19.3 Å². The first-order valence-corrected chi connectivity index (χ1v) is 6.05. The van der Waals surface area contributed by atoms with Crippen LogP contribution >= 0.6 is 11.6 Å². The van der Waals surface area contributed by atoms with Crippen molar-refractivity contribution >= 4 is 17.2 Å². The summed E-state index contributed by atoms with van der Waals surface area (Å²) in [6, 6.07) is 4.46. The largest absolute Gasteiger partial charge is 0.308 e. The fourth-order valence-electron chi connectivity index (χ4n) is 1.96. The summed E-state index contributed by atoms with van der Waals surface area (Å²) in [5.74, 6) is 0. The predicted molar refractivity (Wildman–Crippen MR) is 64.7 cm³/mol. The Kier molecular flexibility index (Phi) is 2.58. The van der Waals surface area contributed by atoms with Crippen molar-refractivity contribution in [2.75, 3.05) is 0 Å². The number of imidazole rings is 1. The lowest BCUT2D eigenvalue weighted by atomic mass is 9.93. The molecule has 0 amide bonds. The van der Waals surface area contributed by atoms with E-state index in [1.807, 2.05) is 22.7 Å². The van der Waals surface area contributed by atoms with Gasteiger partial charge in [0.25, 0.3) is 0 Å². The van der Waals surface area contributed by atoms with Gasteiger partial charge in [-0.2, -0.15) is 0 Å². The monoisotopic (exact) mass is 235 g/mol. The molecule has 0 spiro atoms. The Morgan fingerprint density at radius 3 is 3.12 bits per heavy atom. The molecule has 4 heteroatoms. The minimum atomic E-state index is 0.702. The number of pyridine rings is 1. The molecule has 1 aliphatic carbocycles. The van der Waals surface area contributed by atoms with E-state index in [9.17, 15) is 0 Å². The van der Waals surface area contributed by atoms with Gasteiger partial charge in [0.05, 0.1) is 5.69 Å². The number of fused-ring (bicyclic) bond motifs is 1. The van der Waals surface area contributed by atoms with E-state index < -0.39 is 0 Å². The molecule has 0 aromatic carbocycles. The fourth-order valence-corrected chi connectivity index (χ4v) is 2.11. The molecule has 0 aliphatic heterocycles. The van der Waals surface area contributed by atoms with Crippen molar-refractivity contribution in [2.45, 2.75) is 31.8 Å². The van der Waals surface area contributed by atoms with Gasteiger partial charge in [-0.25, -0.2) is 4.98 Å². The molecule has 1 N–H and O–H groups in total. The Morgan fingerprint density at radius 1 is 1.50 bits per heavy atom. The normalized spacial score (nSPS) is 16.6. The number of halogens is 1. The highest BCUT2D eigenvalue weighted by Crippen LogP contribution is 2.18. The SMILES string of the molecule is Clc1ccn2cc(CNC3CCC3)nc2c1. The first kappa shape index (κ1) is 10.1. The van der Waals surface area contributed by atoms with Crippen LogP contribution in [0.4, 0.5) is 0 Å². The summed E-state index contributed by atoms with van der Waals surface area (Å²) in [5, 5.41) is 4.24. The van der Waals surface area contributed by atoms with Gasteiger partial charge in [0.1, 0.15) is 5.65 Å². The molecule has 0 unspecified atom stereocenters. The molecule has 0 saturated heterocycles. The molecule has 2 aromatic rings. The van der Waals surface area contributed by atoms with Crippen molar-refractivity contribution in [1.82, 2.24) is 14.7 Å². The van der Waals surface area contributed by atoms with Crippen LogP contribution < -0.4 is 5.32 Å². The highest BCUT2D eigenvalue weighted by Gasteiger charge is 2.16. The summed E-state index contributed by atoms with van der Waals surface area (Å²) in [7, 11) is 0. The van der Waals surface area contributed by atoms with E-state index >= 15 is 0 Å². The number of hydrogen-bond donors (Lipinski definition) is 1. The van der Waals surface area contributed by atoms with Gasteiger partial charge < -0.3 is 9.72 Å². The second-order valence-corrected chi connectivity index (χ2v) is 4.79. The molecular weight excluding hydrogens is 222 g/mol. The van der Waals surface area contributed by atoms with Gasteiger partial charge in [-0.3, -0.25) is 0 Å². The quantitative estimate of drug-likeness (QED) is 0.886. The van der Waals surface area contributed by atoms with E-state index in [0.717, 1.165) is 22.9 Å². The maximum Gasteiger partial charge on any atom is 0.138 e. The summed E-state index contributed by atoms with van der Waals surface area (Å²) in [4.78, 5) is 4.52. The van der Waals surface area contributed by atoms with E-state index in [2.05, 4.69) is 16.5 Å². The average Bonchev–Trinajstić information content (AvgIpc) is 2.57. The summed E-state index contributed by atoms with van der Waals surface area (Å²) >= 11 is 5.92. The lowest BCUT2D eigenvalue weighted by Crippen LogP contribution is -2.34. The van der Waals surface area contributed by atoms with Crippen molar-refractivity contribution in [1.29, 1.82) is 0 Å². The van der Waals surface area contributed by atoms with E-state index in [0.29, 0.717) is 6.04 Å². The average molecular weight is 236 g/mol. The van der Waals surface area contributed by atoms with Gasteiger partial charge in [0.2, 0.25) is 0 Å². The van der Waals surface area contributed by atoms with Gasteiger partial charge in [0.15, 0.2) is 0 Å². The molecule has 2 aromatic heterocycles. The number of nitrogens with one attached hydrogen (secondary N) is 1. The van der Waals surface area contributed by atoms with Crippen LogP contribution in [0.15, 0.2) is 24.5 Å². The van der Waals surface area contributed by atoms with Crippen LogP contribution in [-0.4, -0.2) is 15.4 Å². The Bertz CT molecular complexity index is 502. The number of rotatable bonds is 3. The number of nitrogens with zero attached hydrogens (tertiary/aromatic N) is 2. The zero-order chi connectivity index (χ0) is 11.0. The second kappa shape index (κ2) is 4.07. The molecule has 1 fully saturated rings. The third kappa shape index (κ3) is 1.93. The van der Waals surface area contributed by atoms with Crippen LogP contribution in [-0.2, 0) is 6.54 Å². The second-order valence-electron chi connectivity index (χ2n) is 4.35. The standard InChI is InChI=1S/C12H14ClN3/c13-9-4-5-16-8-11(15-12(16)6-9)7-14-10-2-1-3-10/h4-6,8,10,14H,1-3,7H2. The molecule has 2 heterocycles. The Labute approximate surface area is 99.4 Å². The molecule has 1 aliphatic rings. The Morgan fingerprint density at radius 2 is 2.38 bits per heavy atom. The zero-order valence-corrected chi connectivity index (χ0v) is 9.74. The molecule has 0 atom stereocenters. The number of aromatic nitrogens is 2. The smallest absolute Gasteiger partial charge is 0.138 e. The van der Waals surface area contributed by atoms with Crippen LogP contribution in [0, 0.1) is 0 Å². The Balaban J connectivity index is 1.76. The van der Waals surface area contributed by atoms with Crippen LogP contribution in [0.25, 0.3) is 5.65 Å². The zero-order valence-electron chi connectivity index (χ0n) is 8.99. The molecule has 3 rings (SSSR count). The molecule has 0 radical (unpaired) electrons. The van der Waals surface area contributed by atoms with E-state index in [-0.39, 0.29) is 0 Å². The van der Waals surface area contributed by atoms with Crippen LogP contribution in [0.1, 0.15) is 25.0 Å². The number of hydrogen-bond acceptors (Lipinski definition) is 2. The highest BCUT2D eigenvalue weighted by molar-refractivity contribution is 6.30. The van der Waals surface area contributed by atoms with Crippen molar-refractivity contribution in [3.63, 3.8) is 0 Å². The molecule has 16 heavy (non-hydrogen) atoms. The first-order chi connectivity index (χ1) is 7.81. The fraction of sp³-hybridized carbons (Fsp3) is 0.417. The summed E-state index contributed by atoms with van der Waals surface area (Å²) in [6.45, 7) is 0.851. The summed E-state index contributed by atoms with van der Waals surface area (Å²) in [6.07, 6.45) is 7.96. The maximum atomic E-state index is 5.92. The van der Waals surface area contributed by atoms with Gasteiger partial charge in [-0.15, -0.1) is 0 Å². The van der Waals surface area contributed by atoms with Crippen molar-refractivity contribution < 1.29 is 0 Å². The lowest BCUT2D eigenvalue weighted by molar-refractivity contribution is 0.337. The van der Waals surface area contributed by atoms with Crippen molar-refractivity contribution in [3.05, 3.63) is 35.2 Å². The van der Waals surface area contributed by atoms with E-state index in [1.54, 1.807) is 0 Å². The summed E-state index contributed by atoms with van der Waals surface area (Å²) < 4.78 is 2.00. The topological polar surface area (TPSA) is 29.3 Å². The van der Waals surface area contributed by atoms with Gasteiger partial charge in [0, 0.05) is 30.0 Å². The van der Waals surface area contributed by atoms with Crippen molar-refractivity contribution in [2.24, 2.45) is 0 Å².